The minimum absolute atomic E-state index is 0.170. The summed E-state index contributed by atoms with van der Waals surface area (Å²) < 4.78 is 4.83. The summed E-state index contributed by atoms with van der Waals surface area (Å²) in [6.45, 7) is 11.3. The fraction of sp³-hybridized carbons (Fsp3) is 0.261. The molecule has 0 saturated carbocycles. The smallest absolute Gasteiger partial charge is 0.337 e. The first-order chi connectivity index (χ1) is 13.4. The molecule has 5 heteroatoms. The average molecular weight is 378 g/mol. The van der Waals surface area contributed by atoms with E-state index >= 15 is 0 Å². The van der Waals surface area contributed by atoms with Crippen LogP contribution in [-0.4, -0.2) is 24.0 Å². The van der Waals surface area contributed by atoms with Crippen molar-refractivity contribution in [2.45, 2.75) is 26.2 Å². The Morgan fingerprint density at radius 2 is 1.96 bits per heavy atom. The number of aromatic nitrogens is 1. The zero-order valence-corrected chi connectivity index (χ0v) is 16.6. The highest BCUT2D eigenvalue weighted by Gasteiger charge is 2.16. The highest BCUT2D eigenvalue weighted by atomic mass is 16.5. The largest absolute Gasteiger partial charge is 0.465 e. The molecule has 0 saturated heterocycles. The number of rotatable bonds is 8. The molecule has 5 nitrogen and oxygen atoms in total. The standard InChI is InChI=1S/C23H26N2O3/c1-6-8-16(4)21-14-17(11-12-24-21)19-13-18(23(27)28-5)9-10-20(19)25-22(26)15(3)7-2/h6-7,9-16H,1-2,8H2,3-5H3,(H,25,26)/t15-,16+/m1/s1. The van der Waals surface area contributed by atoms with Gasteiger partial charge in [0.2, 0.25) is 5.91 Å². The number of carbonyl (C=O) groups excluding carboxylic acids is 2. The van der Waals surface area contributed by atoms with Gasteiger partial charge in [0.15, 0.2) is 0 Å². The summed E-state index contributed by atoms with van der Waals surface area (Å²) in [5.74, 6) is -0.738. The van der Waals surface area contributed by atoms with Crippen LogP contribution in [0.25, 0.3) is 11.1 Å². The Hall–Kier alpha value is -3.21. The number of carbonyl (C=O) groups is 2. The van der Waals surface area contributed by atoms with Crippen LogP contribution < -0.4 is 5.32 Å². The van der Waals surface area contributed by atoms with E-state index in [2.05, 4.69) is 30.4 Å². The van der Waals surface area contributed by atoms with Crippen molar-refractivity contribution in [2.75, 3.05) is 12.4 Å². The molecule has 2 aromatic rings. The van der Waals surface area contributed by atoms with Gasteiger partial charge in [-0.15, -0.1) is 13.2 Å². The number of nitrogens with zero attached hydrogens (tertiary/aromatic N) is 1. The monoisotopic (exact) mass is 378 g/mol. The van der Waals surface area contributed by atoms with Crippen LogP contribution in [0.3, 0.4) is 0 Å². The summed E-state index contributed by atoms with van der Waals surface area (Å²) in [5, 5.41) is 2.92. The van der Waals surface area contributed by atoms with Crippen LogP contribution in [-0.2, 0) is 9.53 Å². The molecule has 0 aliphatic heterocycles. The lowest BCUT2D eigenvalue weighted by molar-refractivity contribution is -0.118. The van der Waals surface area contributed by atoms with E-state index in [0.29, 0.717) is 11.3 Å². The highest BCUT2D eigenvalue weighted by Crippen LogP contribution is 2.31. The van der Waals surface area contributed by atoms with E-state index in [1.54, 1.807) is 37.4 Å². The Labute approximate surface area is 166 Å². The van der Waals surface area contributed by atoms with Gasteiger partial charge in [-0.05, 0) is 42.3 Å². The van der Waals surface area contributed by atoms with E-state index in [1.807, 2.05) is 18.2 Å². The van der Waals surface area contributed by atoms with Gasteiger partial charge in [0.25, 0.3) is 0 Å². The van der Waals surface area contributed by atoms with Crippen molar-refractivity contribution in [1.82, 2.24) is 4.98 Å². The number of esters is 1. The summed E-state index contributed by atoms with van der Waals surface area (Å²) in [5.41, 5.74) is 3.51. The molecule has 0 aliphatic rings. The zero-order chi connectivity index (χ0) is 20.7. The maximum Gasteiger partial charge on any atom is 0.337 e. The summed E-state index contributed by atoms with van der Waals surface area (Å²) in [7, 11) is 1.34. The number of benzene rings is 1. The average Bonchev–Trinajstić information content (AvgIpc) is 2.72. The first kappa shape index (κ1) is 21.1. The van der Waals surface area contributed by atoms with Gasteiger partial charge in [-0.2, -0.15) is 0 Å². The van der Waals surface area contributed by atoms with Gasteiger partial charge >= 0.3 is 5.97 Å². The maximum atomic E-state index is 12.4. The van der Waals surface area contributed by atoms with Crippen LogP contribution in [0.15, 0.2) is 61.8 Å². The van der Waals surface area contributed by atoms with Crippen molar-refractivity contribution in [2.24, 2.45) is 5.92 Å². The van der Waals surface area contributed by atoms with Gasteiger partial charge < -0.3 is 10.1 Å². The number of pyridine rings is 1. The van der Waals surface area contributed by atoms with Crippen molar-refractivity contribution in [1.29, 1.82) is 0 Å². The van der Waals surface area contributed by atoms with E-state index < -0.39 is 5.97 Å². The number of nitrogens with one attached hydrogen (secondary N) is 1. The predicted molar refractivity (Wildman–Crippen MR) is 112 cm³/mol. The lowest BCUT2D eigenvalue weighted by atomic mass is 9.97. The van der Waals surface area contributed by atoms with Gasteiger partial charge in [-0.25, -0.2) is 4.79 Å². The van der Waals surface area contributed by atoms with Crippen molar-refractivity contribution in [3.05, 3.63) is 73.1 Å². The van der Waals surface area contributed by atoms with Crippen LogP contribution >= 0.6 is 0 Å². The second-order valence-electron chi connectivity index (χ2n) is 6.66. The number of ether oxygens (including phenoxy) is 1. The molecule has 2 atom stereocenters. The van der Waals surface area contributed by atoms with Crippen molar-refractivity contribution in [3.63, 3.8) is 0 Å². The second-order valence-corrected chi connectivity index (χ2v) is 6.66. The Morgan fingerprint density at radius 3 is 2.61 bits per heavy atom. The van der Waals surface area contributed by atoms with E-state index in [-0.39, 0.29) is 17.7 Å². The summed E-state index contributed by atoms with van der Waals surface area (Å²) in [4.78, 5) is 28.8. The molecule has 146 valence electrons. The summed E-state index contributed by atoms with van der Waals surface area (Å²) in [6.07, 6.45) is 5.98. The molecule has 0 fully saturated rings. The topological polar surface area (TPSA) is 68.3 Å². The lowest BCUT2D eigenvalue weighted by Gasteiger charge is -2.16. The zero-order valence-electron chi connectivity index (χ0n) is 16.6. The van der Waals surface area contributed by atoms with Crippen LogP contribution in [0, 0.1) is 5.92 Å². The van der Waals surface area contributed by atoms with Crippen molar-refractivity contribution >= 4 is 17.6 Å². The molecule has 0 unspecified atom stereocenters. The molecule has 0 bridgehead atoms. The van der Waals surface area contributed by atoms with Crippen LogP contribution in [0.2, 0.25) is 0 Å². The van der Waals surface area contributed by atoms with Gasteiger partial charge in [0, 0.05) is 29.1 Å². The van der Waals surface area contributed by atoms with E-state index in [9.17, 15) is 9.59 Å². The fourth-order valence-electron chi connectivity index (χ4n) is 2.75. The maximum absolute atomic E-state index is 12.4. The number of hydrogen-bond acceptors (Lipinski definition) is 4. The molecule has 1 N–H and O–H groups in total. The third-order valence-corrected chi connectivity index (χ3v) is 4.58. The summed E-state index contributed by atoms with van der Waals surface area (Å²) in [6, 6.07) is 8.89. The second kappa shape index (κ2) is 9.65. The Bertz CT molecular complexity index is 889. The molecule has 1 aromatic carbocycles. The molecule has 2 rings (SSSR count). The predicted octanol–water partition coefficient (Wildman–Crippen LogP) is 4.98. The van der Waals surface area contributed by atoms with Crippen LogP contribution in [0.1, 0.15) is 42.2 Å². The molecular weight excluding hydrogens is 352 g/mol. The molecule has 1 aromatic heterocycles. The quantitative estimate of drug-likeness (QED) is 0.520. The van der Waals surface area contributed by atoms with E-state index in [0.717, 1.165) is 23.2 Å². The normalized spacial score (nSPS) is 12.5. The number of amides is 1. The Kier molecular flexibility index (Phi) is 7.27. The van der Waals surface area contributed by atoms with Crippen LogP contribution in [0.4, 0.5) is 5.69 Å². The minimum atomic E-state index is -0.437. The Morgan fingerprint density at radius 1 is 1.21 bits per heavy atom. The van der Waals surface area contributed by atoms with Gasteiger partial charge in [-0.1, -0.05) is 26.0 Å². The molecule has 1 heterocycles. The molecule has 0 radical (unpaired) electrons. The first-order valence-corrected chi connectivity index (χ1v) is 9.14. The number of allylic oxidation sites excluding steroid dienone is 1. The van der Waals surface area contributed by atoms with Gasteiger partial charge in [0.05, 0.1) is 18.6 Å². The molecule has 0 spiro atoms. The third kappa shape index (κ3) is 4.94. The van der Waals surface area contributed by atoms with Gasteiger partial charge in [-0.3, -0.25) is 9.78 Å². The van der Waals surface area contributed by atoms with Crippen LogP contribution in [0.5, 0.6) is 0 Å². The molecule has 28 heavy (non-hydrogen) atoms. The Balaban J connectivity index is 2.53. The van der Waals surface area contributed by atoms with E-state index in [1.165, 1.54) is 7.11 Å². The first-order valence-electron chi connectivity index (χ1n) is 9.14. The minimum Gasteiger partial charge on any atom is -0.465 e. The lowest BCUT2D eigenvalue weighted by Crippen LogP contribution is -2.19. The van der Waals surface area contributed by atoms with Crippen molar-refractivity contribution in [3.8, 4) is 11.1 Å². The molecule has 0 aliphatic carbocycles. The number of anilines is 1. The highest BCUT2D eigenvalue weighted by molar-refractivity contribution is 5.99. The number of methoxy groups -OCH3 is 1. The summed E-state index contributed by atoms with van der Waals surface area (Å²) >= 11 is 0. The molecular formula is C23H26N2O3. The number of hydrogen-bond donors (Lipinski definition) is 1. The van der Waals surface area contributed by atoms with Gasteiger partial charge in [0.1, 0.15) is 0 Å². The van der Waals surface area contributed by atoms with Crippen molar-refractivity contribution < 1.29 is 14.3 Å². The SMILES string of the molecule is C=CC[C@H](C)c1cc(-c2cc(C(=O)OC)ccc2NC(=O)[C@H](C)C=C)ccn1. The third-order valence-electron chi connectivity index (χ3n) is 4.58. The fourth-order valence-corrected chi connectivity index (χ4v) is 2.75. The van der Waals surface area contributed by atoms with E-state index in [4.69, 9.17) is 4.74 Å². The molecule has 1 amide bonds.